The SMILES string of the molecule is CN(C)S(=O)(=O)N1CCCC(c2nn(CC(=O)Nc3ccccc3)c(=O)n2-c2cccs2)C1. The van der Waals surface area contributed by atoms with Crippen LogP contribution < -0.4 is 11.0 Å². The van der Waals surface area contributed by atoms with E-state index in [4.69, 9.17) is 0 Å². The zero-order valence-electron chi connectivity index (χ0n) is 18.4. The summed E-state index contributed by atoms with van der Waals surface area (Å²) in [7, 11) is -0.580. The fourth-order valence-electron chi connectivity index (χ4n) is 3.85. The van der Waals surface area contributed by atoms with Gasteiger partial charge in [-0.05, 0) is 42.5 Å². The number of para-hydroxylation sites is 1. The number of rotatable bonds is 7. The molecule has 0 saturated carbocycles. The molecule has 3 heterocycles. The van der Waals surface area contributed by atoms with Crippen LogP contribution in [-0.4, -0.2) is 64.5 Å². The first-order chi connectivity index (χ1) is 15.8. The van der Waals surface area contributed by atoms with Gasteiger partial charge in [-0.25, -0.2) is 14.0 Å². The summed E-state index contributed by atoms with van der Waals surface area (Å²) in [4.78, 5) is 25.8. The maximum absolute atomic E-state index is 13.3. The maximum Gasteiger partial charge on any atom is 0.351 e. The topological polar surface area (TPSA) is 110 Å². The van der Waals surface area contributed by atoms with Crippen LogP contribution in [0.15, 0.2) is 52.6 Å². The molecule has 0 radical (unpaired) electrons. The van der Waals surface area contributed by atoms with Crippen LogP contribution in [0.1, 0.15) is 24.6 Å². The van der Waals surface area contributed by atoms with Crippen molar-refractivity contribution in [2.45, 2.75) is 25.3 Å². The number of nitrogens with one attached hydrogen (secondary N) is 1. The van der Waals surface area contributed by atoms with Gasteiger partial charge in [-0.2, -0.15) is 22.1 Å². The van der Waals surface area contributed by atoms with E-state index in [1.165, 1.54) is 38.6 Å². The number of amides is 1. The Morgan fingerprint density at radius 2 is 1.97 bits per heavy atom. The summed E-state index contributed by atoms with van der Waals surface area (Å²) in [6, 6.07) is 12.6. The van der Waals surface area contributed by atoms with Gasteiger partial charge in [0.25, 0.3) is 10.2 Å². The highest BCUT2D eigenvalue weighted by molar-refractivity contribution is 7.86. The number of anilines is 1. The van der Waals surface area contributed by atoms with Gasteiger partial charge in [-0.1, -0.05) is 18.2 Å². The molecule has 1 aliphatic heterocycles. The number of nitrogens with zero attached hydrogens (tertiary/aromatic N) is 5. The smallest absolute Gasteiger partial charge is 0.324 e. The van der Waals surface area contributed by atoms with Crippen LogP contribution in [0.5, 0.6) is 0 Å². The first-order valence-electron chi connectivity index (χ1n) is 10.5. The molecular formula is C21H26N6O4S2. The number of hydrogen-bond donors (Lipinski definition) is 1. The quantitative estimate of drug-likeness (QED) is 0.542. The first kappa shape index (κ1) is 23.4. The molecule has 1 aliphatic rings. The number of hydrogen-bond acceptors (Lipinski definition) is 6. The van der Waals surface area contributed by atoms with Crippen LogP contribution in [0.2, 0.25) is 0 Å². The van der Waals surface area contributed by atoms with E-state index < -0.39 is 15.9 Å². The van der Waals surface area contributed by atoms with Crippen molar-refractivity contribution >= 4 is 33.1 Å². The van der Waals surface area contributed by atoms with Crippen LogP contribution in [0.4, 0.5) is 5.69 Å². The lowest BCUT2D eigenvalue weighted by Crippen LogP contribution is -2.45. The molecular weight excluding hydrogens is 464 g/mol. The standard InChI is InChI=1S/C21H26N6O4S2/c1-24(2)33(30,31)25-12-6-8-16(14-25)20-23-26(21(29)27(20)19-11-7-13-32-19)15-18(28)22-17-9-4-3-5-10-17/h3-5,7,9-11,13,16H,6,8,12,14-15H2,1-2H3,(H,22,28). The molecule has 33 heavy (non-hydrogen) atoms. The molecule has 1 atom stereocenters. The number of aromatic nitrogens is 3. The molecule has 2 aromatic heterocycles. The Hall–Kier alpha value is -2.80. The van der Waals surface area contributed by atoms with Crippen molar-refractivity contribution in [1.29, 1.82) is 0 Å². The lowest BCUT2D eigenvalue weighted by atomic mass is 9.99. The molecule has 1 aromatic carbocycles. The van der Waals surface area contributed by atoms with Gasteiger partial charge in [0.2, 0.25) is 5.91 Å². The highest BCUT2D eigenvalue weighted by Crippen LogP contribution is 2.29. The summed E-state index contributed by atoms with van der Waals surface area (Å²) < 4.78 is 30.6. The van der Waals surface area contributed by atoms with E-state index >= 15 is 0 Å². The van der Waals surface area contributed by atoms with Gasteiger partial charge in [0, 0.05) is 38.8 Å². The van der Waals surface area contributed by atoms with Crippen LogP contribution in [-0.2, 0) is 21.5 Å². The Labute approximate surface area is 196 Å². The Morgan fingerprint density at radius 1 is 1.21 bits per heavy atom. The summed E-state index contributed by atoms with van der Waals surface area (Å²) in [6.45, 7) is 0.393. The number of thiophene rings is 1. The highest BCUT2D eigenvalue weighted by atomic mass is 32.2. The second-order valence-corrected chi connectivity index (χ2v) is 11.1. The lowest BCUT2D eigenvalue weighted by molar-refractivity contribution is -0.117. The molecule has 1 fully saturated rings. The molecule has 0 spiro atoms. The molecule has 1 unspecified atom stereocenters. The zero-order chi connectivity index (χ0) is 23.6. The van der Waals surface area contributed by atoms with E-state index in [0.29, 0.717) is 35.9 Å². The van der Waals surface area contributed by atoms with Gasteiger partial charge in [0.05, 0.1) is 0 Å². The minimum absolute atomic E-state index is 0.221. The number of carbonyl (C=O) groups is 1. The molecule has 4 rings (SSSR count). The lowest BCUT2D eigenvalue weighted by Gasteiger charge is -2.32. The average molecular weight is 491 g/mol. The molecule has 0 bridgehead atoms. The van der Waals surface area contributed by atoms with Crippen LogP contribution in [0.3, 0.4) is 0 Å². The second-order valence-electron chi connectivity index (χ2n) is 7.99. The number of piperidine rings is 1. The monoisotopic (exact) mass is 490 g/mol. The summed E-state index contributed by atoms with van der Waals surface area (Å²) in [5, 5.41) is 9.81. The van der Waals surface area contributed by atoms with Gasteiger partial charge in [0.1, 0.15) is 17.4 Å². The van der Waals surface area contributed by atoms with Gasteiger partial charge >= 0.3 is 5.69 Å². The maximum atomic E-state index is 13.3. The number of carbonyl (C=O) groups excluding carboxylic acids is 1. The van der Waals surface area contributed by atoms with Crippen LogP contribution in [0, 0.1) is 0 Å². The van der Waals surface area contributed by atoms with Gasteiger partial charge in [-0.3, -0.25) is 4.79 Å². The fourth-order valence-corrected chi connectivity index (χ4v) is 5.77. The van der Waals surface area contributed by atoms with E-state index in [0.717, 1.165) is 4.68 Å². The third kappa shape index (κ3) is 4.93. The molecule has 0 aliphatic carbocycles. The van der Waals surface area contributed by atoms with Crippen molar-refractivity contribution in [3.8, 4) is 5.00 Å². The molecule has 1 saturated heterocycles. The van der Waals surface area contributed by atoms with Crippen molar-refractivity contribution in [1.82, 2.24) is 23.0 Å². The van der Waals surface area contributed by atoms with E-state index in [1.54, 1.807) is 12.1 Å². The van der Waals surface area contributed by atoms with Gasteiger partial charge in [-0.15, -0.1) is 11.3 Å². The molecule has 12 heteroatoms. The Bertz CT molecular complexity index is 1270. The third-order valence-electron chi connectivity index (χ3n) is 5.48. The van der Waals surface area contributed by atoms with Crippen molar-refractivity contribution in [2.24, 2.45) is 0 Å². The molecule has 1 amide bonds. The fraction of sp³-hybridized carbons (Fsp3) is 0.381. The minimum Gasteiger partial charge on any atom is -0.324 e. The van der Waals surface area contributed by atoms with E-state index in [-0.39, 0.29) is 24.9 Å². The highest BCUT2D eigenvalue weighted by Gasteiger charge is 2.34. The van der Waals surface area contributed by atoms with E-state index in [1.807, 2.05) is 35.7 Å². The van der Waals surface area contributed by atoms with Crippen molar-refractivity contribution in [2.75, 3.05) is 32.5 Å². The van der Waals surface area contributed by atoms with Crippen molar-refractivity contribution in [3.63, 3.8) is 0 Å². The van der Waals surface area contributed by atoms with Crippen LogP contribution in [0.25, 0.3) is 5.00 Å². The first-order valence-corrected chi connectivity index (χ1v) is 12.8. The summed E-state index contributed by atoms with van der Waals surface area (Å²) in [6.07, 6.45) is 1.34. The zero-order valence-corrected chi connectivity index (χ0v) is 20.1. The summed E-state index contributed by atoms with van der Waals surface area (Å²) >= 11 is 1.38. The Morgan fingerprint density at radius 3 is 2.64 bits per heavy atom. The molecule has 3 aromatic rings. The van der Waals surface area contributed by atoms with Gasteiger partial charge in [0.15, 0.2) is 0 Å². The van der Waals surface area contributed by atoms with Crippen molar-refractivity contribution in [3.05, 3.63) is 64.2 Å². The molecule has 10 nitrogen and oxygen atoms in total. The third-order valence-corrected chi connectivity index (χ3v) is 8.24. The molecule has 176 valence electrons. The summed E-state index contributed by atoms with van der Waals surface area (Å²) in [5.74, 6) is -0.179. The predicted molar refractivity (Wildman–Crippen MR) is 127 cm³/mol. The minimum atomic E-state index is -3.58. The van der Waals surface area contributed by atoms with Crippen LogP contribution >= 0.6 is 11.3 Å². The van der Waals surface area contributed by atoms with Gasteiger partial charge < -0.3 is 5.32 Å². The number of benzene rings is 1. The van der Waals surface area contributed by atoms with E-state index in [2.05, 4.69) is 10.4 Å². The Balaban J connectivity index is 1.65. The Kier molecular flexibility index (Phi) is 6.79. The average Bonchev–Trinajstić information content (AvgIpc) is 3.43. The van der Waals surface area contributed by atoms with E-state index in [9.17, 15) is 18.0 Å². The second kappa shape index (κ2) is 9.59. The predicted octanol–water partition coefficient (Wildman–Crippen LogP) is 1.72. The normalized spacial score (nSPS) is 17.4. The largest absolute Gasteiger partial charge is 0.351 e. The van der Waals surface area contributed by atoms with Crippen molar-refractivity contribution < 1.29 is 13.2 Å². The summed E-state index contributed by atoms with van der Waals surface area (Å²) in [5.41, 5.74) is 0.202. The molecule has 1 N–H and O–H groups in total.